The van der Waals surface area contributed by atoms with Crippen LogP contribution in [-0.2, 0) is 6.42 Å². The van der Waals surface area contributed by atoms with E-state index in [1.807, 2.05) is 0 Å². The van der Waals surface area contributed by atoms with Gasteiger partial charge in [0.05, 0.1) is 7.11 Å². The maximum Gasteiger partial charge on any atom is 0.119 e. The Balaban J connectivity index is 3.07. The van der Waals surface area contributed by atoms with E-state index in [1.54, 1.807) is 7.11 Å². The number of benzene rings is 1. The van der Waals surface area contributed by atoms with E-state index in [0.29, 0.717) is 6.54 Å². The summed E-state index contributed by atoms with van der Waals surface area (Å²) in [7, 11) is 1.69. The average Bonchev–Trinajstić information content (AvgIpc) is 2.11. The van der Waals surface area contributed by atoms with E-state index in [1.165, 1.54) is 16.7 Å². The Morgan fingerprint density at radius 3 is 2.15 bits per heavy atom. The Labute approximate surface area is 79.7 Å². The predicted octanol–water partition coefficient (Wildman–Crippen LogP) is 1.81. The average molecular weight is 179 g/mol. The van der Waals surface area contributed by atoms with Crippen molar-refractivity contribution in [2.75, 3.05) is 13.7 Å². The van der Waals surface area contributed by atoms with Crippen molar-refractivity contribution >= 4 is 0 Å². The molecular weight excluding hydrogens is 162 g/mol. The van der Waals surface area contributed by atoms with E-state index in [4.69, 9.17) is 10.5 Å². The molecule has 2 nitrogen and oxygen atoms in total. The van der Waals surface area contributed by atoms with Crippen LogP contribution in [0.2, 0.25) is 0 Å². The normalized spacial score (nSPS) is 10.2. The van der Waals surface area contributed by atoms with Gasteiger partial charge in [-0.05, 0) is 55.6 Å². The number of methoxy groups -OCH3 is 1. The summed E-state index contributed by atoms with van der Waals surface area (Å²) in [5.41, 5.74) is 9.42. The fourth-order valence-corrected chi connectivity index (χ4v) is 1.61. The minimum atomic E-state index is 0.702. The Hall–Kier alpha value is -1.02. The SMILES string of the molecule is COc1cc(C)c(CCN)c(C)c1. The van der Waals surface area contributed by atoms with Crippen molar-refractivity contribution in [3.63, 3.8) is 0 Å². The molecule has 1 aromatic rings. The van der Waals surface area contributed by atoms with Gasteiger partial charge in [0.25, 0.3) is 0 Å². The molecule has 0 amide bonds. The van der Waals surface area contributed by atoms with Crippen molar-refractivity contribution in [1.29, 1.82) is 0 Å². The molecule has 0 heterocycles. The summed E-state index contributed by atoms with van der Waals surface area (Å²) in [6, 6.07) is 4.11. The second-order valence-electron chi connectivity index (χ2n) is 3.28. The van der Waals surface area contributed by atoms with Crippen LogP contribution in [0.25, 0.3) is 0 Å². The second-order valence-corrected chi connectivity index (χ2v) is 3.28. The van der Waals surface area contributed by atoms with Gasteiger partial charge >= 0.3 is 0 Å². The summed E-state index contributed by atoms with van der Waals surface area (Å²) in [6.07, 6.45) is 0.946. The van der Waals surface area contributed by atoms with E-state index < -0.39 is 0 Å². The number of rotatable bonds is 3. The summed E-state index contributed by atoms with van der Waals surface area (Å²) >= 11 is 0. The summed E-state index contributed by atoms with van der Waals surface area (Å²) in [5.74, 6) is 0.927. The maximum absolute atomic E-state index is 5.54. The van der Waals surface area contributed by atoms with E-state index in [9.17, 15) is 0 Å². The highest BCUT2D eigenvalue weighted by atomic mass is 16.5. The number of aryl methyl sites for hydroxylation is 2. The molecule has 0 atom stereocenters. The third kappa shape index (κ3) is 2.22. The van der Waals surface area contributed by atoms with Crippen LogP contribution in [0.5, 0.6) is 5.75 Å². The fraction of sp³-hybridized carbons (Fsp3) is 0.455. The molecule has 0 aliphatic carbocycles. The molecule has 1 rings (SSSR count). The van der Waals surface area contributed by atoms with Crippen LogP contribution in [0.15, 0.2) is 12.1 Å². The van der Waals surface area contributed by atoms with E-state index in [2.05, 4.69) is 26.0 Å². The highest BCUT2D eigenvalue weighted by molar-refractivity contribution is 5.41. The third-order valence-corrected chi connectivity index (χ3v) is 2.30. The van der Waals surface area contributed by atoms with Crippen LogP contribution in [0.3, 0.4) is 0 Å². The lowest BCUT2D eigenvalue weighted by Crippen LogP contribution is -2.06. The number of ether oxygens (including phenoxy) is 1. The van der Waals surface area contributed by atoms with Crippen molar-refractivity contribution in [3.05, 3.63) is 28.8 Å². The minimum Gasteiger partial charge on any atom is -0.497 e. The van der Waals surface area contributed by atoms with Crippen LogP contribution < -0.4 is 10.5 Å². The first-order chi connectivity index (χ1) is 6.19. The molecule has 0 radical (unpaired) electrons. The van der Waals surface area contributed by atoms with E-state index >= 15 is 0 Å². The quantitative estimate of drug-likeness (QED) is 0.768. The van der Waals surface area contributed by atoms with Gasteiger partial charge in [0.1, 0.15) is 5.75 Å². The first kappa shape index (κ1) is 10.1. The molecular formula is C11H17NO. The third-order valence-electron chi connectivity index (χ3n) is 2.30. The number of nitrogens with two attached hydrogens (primary N) is 1. The molecule has 0 saturated heterocycles. The molecule has 0 unspecified atom stereocenters. The highest BCUT2D eigenvalue weighted by Gasteiger charge is 2.03. The first-order valence-electron chi connectivity index (χ1n) is 4.53. The molecule has 0 saturated carbocycles. The summed E-state index contributed by atoms with van der Waals surface area (Å²) < 4.78 is 5.18. The van der Waals surface area contributed by atoms with Gasteiger partial charge in [-0.25, -0.2) is 0 Å². The lowest BCUT2D eigenvalue weighted by molar-refractivity contribution is 0.414. The summed E-state index contributed by atoms with van der Waals surface area (Å²) in [6.45, 7) is 4.90. The first-order valence-corrected chi connectivity index (χ1v) is 4.53. The molecule has 0 aliphatic rings. The Morgan fingerprint density at radius 2 is 1.77 bits per heavy atom. The zero-order chi connectivity index (χ0) is 9.84. The minimum absolute atomic E-state index is 0.702. The zero-order valence-electron chi connectivity index (χ0n) is 8.55. The highest BCUT2D eigenvalue weighted by Crippen LogP contribution is 2.21. The molecule has 0 fully saturated rings. The van der Waals surface area contributed by atoms with Crippen LogP contribution in [0.4, 0.5) is 0 Å². The molecule has 0 bridgehead atoms. The molecule has 0 aromatic heterocycles. The smallest absolute Gasteiger partial charge is 0.119 e. The zero-order valence-corrected chi connectivity index (χ0v) is 8.55. The predicted molar refractivity (Wildman–Crippen MR) is 55.2 cm³/mol. The molecule has 13 heavy (non-hydrogen) atoms. The van der Waals surface area contributed by atoms with Gasteiger partial charge in [0.2, 0.25) is 0 Å². The van der Waals surface area contributed by atoms with Crippen LogP contribution in [-0.4, -0.2) is 13.7 Å². The Bertz CT molecular complexity index is 271. The van der Waals surface area contributed by atoms with Crippen molar-refractivity contribution in [2.45, 2.75) is 20.3 Å². The van der Waals surface area contributed by atoms with E-state index in [0.717, 1.165) is 12.2 Å². The molecule has 2 heteroatoms. The van der Waals surface area contributed by atoms with Gasteiger partial charge in [-0.2, -0.15) is 0 Å². The van der Waals surface area contributed by atoms with Crippen molar-refractivity contribution in [3.8, 4) is 5.75 Å². The molecule has 2 N–H and O–H groups in total. The number of hydrogen-bond acceptors (Lipinski definition) is 2. The Morgan fingerprint density at radius 1 is 1.23 bits per heavy atom. The van der Waals surface area contributed by atoms with Gasteiger partial charge < -0.3 is 10.5 Å². The van der Waals surface area contributed by atoms with Crippen molar-refractivity contribution in [1.82, 2.24) is 0 Å². The van der Waals surface area contributed by atoms with Crippen LogP contribution in [0.1, 0.15) is 16.7 Å². The van der Waals surface area contributed by atoms with Crippen molar-refractivity contribution < 1.29 is 4.74 Å². The second kappa shape index (κ2) is 4.28. The molecule has 0 spiro atoms. The monoisotopic (exact) mass is 179 g/mol. The topological polar surface area (TPSA) is 35.2 Å². The van der Waals surface area contributed by atoms with Gasteiger partial charge in [-0.3, -0.25) is 0 Å². The standard InChI is InChI=1S/C11H17NO/c1-8-6-10(13-3)7-9(2)11(8)4-5-12/h6-7H,4-5,12H2,1-3H3. The summed E-state index contributed by atoms with van der Waals surface area (Å²) in [5, 5.41) is 0. The molecule has 0 aliphatic heterocycles. The van der Waals surface area contributed by atoms with Crippen LogP contribution >= 0.6 is 0 Å². The van der Waals surface area contributed by atoms with Crippen molar-refractivity contribution in [2.24, 2.45) is 5.73 Å². The molecule has 1 aromatic carbocycles. The van der Waals surface area contributed by atoms with Gasteiger partial charge in [0, 0.05) is 0 Å². The van der Waals surface area contributed by atoms with E-state index in [-0.39, 0.29) is 0 Å². The maximum atomic E-state index is 5.54. The van der Waals surface area contributed by atoms with Gasteiger partial charge in [0.15, 0.2) is 0 Å². The van der Waals surface area contributed by atoms with Crippen LogP contribution in [0, 0.1) is 13.8 Å². The molecule has 72 valence electrons. The number of hydrogen-bond donors (Lipinski definition) is 1. The van der Waals surface area contributed by atoms with Gasteiger partial charge in [-0.1, -0.05) is 0 Å². The Kier molecular flexibility index (Phi) is 3.32. The lowest BCUT2D eigenvalue weighted by Gasteiger charge is -2.10. The van der Waals surface area contributed by atoms with Gasteiger partial charge in [-0.15, -0.1) is 0 Å². The lowest BCUT2D eigenvalue weighted by atomic mass is 10.00. The summed E-state index contributed by atoms with van der Waals surface area (Å²) in [4.78, 5) is 0. The fourth-order valence-electron chi connectivity index (χ4n) is 1.61. The largest absolute Gasteiger partial charge is 0.497 e.